The Morgan fingerprint density at radius 2 is 1.92 bits per heavy atom. The summed E-state index contributed by atoms with van der Waals surface area (Å²) in [5.41, 5.74) is 0.351. The summed E-state index contributed by atoms with van der Waals surface area (Å²) >= 11 is 0. The molecule has 0 aromatic rings. The molecule has 1 N–H and O–H groups in total. The van der Waals surface area contributed by atoms with Gasteiger partial charge < -0.3 is 5.32 Å². The number of nitrogens with one attached hydrogen (secondary N) is 1. The van der Waals surface area contributed by atoms with Crippen molar-refractivity contribution in [3.8, 4) is 0 Å². The van der Waals surface area contributed by atoms with Crippen molar-refractivity contribution in [1.29, 1.82) is 0 Å². The van der Waals surface area contributed by atoms with Crippen LogP contribution < -0.4 is 5.32 Å². The fourth-order valence-corrected chi connectivity index (χ4v) is 3.20. The Kier molecular flexibility index (Phi) is 2.41. The Bertz CT molecular complexity index is 206. The van der Waals surface area contributed by atoms with Gasteiger partial charge in [0.05, 0.1) is 6.04 Å². The van der Waals surface area contributed by atoms with Crippen molar-refractivity contribution in [3.63, 3.8) is 0 Å². The summed E-state index contributed by atoms with van der Waals surface area (Å²) in [7, 11) is 0. The van der Waals surface area contributed by atoms with Crippen LogP contribution in [0, 0.1) is 5.41 Å². The maximum Gasteiger partial charge on any atom is 0.147 e. The molecule has 2 rings (SSSR count). The molecular weight excluding hydrogens is 162 g/mol. The van der Waals surface area contributed by atoms with Gasteiger partial charge in [-0.3, -0.25) is 4.79 Å². The first-order valence-corrected chi connectivity index (χ1v) is 5.48. The summed E-state index contributed by atoms with van der Waals surface area (Å²) < 4.78 is 0. The second-order valence-corrected chi connectivity index (χ2v) is 4.67. The zero-order chi connectivity index (χ0) is 9.31. The van der Waals surface area contributed by atoms with Gasteiger partial charge in [-0.1, -0.05) is 19.3 Å². The fraction of sp³-hybridized carbons (Fsp3) is 0.909. The molecular formula is C11H19NO. The summed E-state index contributed by atoms with van der Waals surface area (Å²) in [5.74, 6) is 0.347. The topological polar surface area (TPSA) is 29.1 Å². The van der Waals surface area contributed by atoms with E-state index in [9.17, 15) is 4.79 Å². The van der Waals surface area contributed by atoms with Crippen molar-refractivity contribution >= 4 is 5.78 Å². The molecule has 0 bridgehead atoms. The van der Waals surface area contributed by atoms with E-state index >= 15 is 0 Å². The van der Waals surface area contributed by atoms with E-state index in [1.54, 1.807) is 6.92 Å². The molecule has 0 radical (unpaired) electrons. The van der Waals surface area contributed by atoms with Crippen LogP contribution >= 0.6 is 0 Å². The second-order valence-electron chi connectivity index (χ2n) is 4.67. The van der Waals surface area contributed by atoms with Crippen LogP contribution in [0.3, 0.4) is 0 Å². The fourth-order valence-electron chi connectivity index (χ4n) is 3.20. The molecule has 0 aromatic carbocycles. The quantitative estimate of drug-likeness (QED) is 0.669. The molecule has 1 aliphatic carbocycles. The van der Waals surface area contributed by atoms with Crippen molar-refractivity contribution in [1.82, 2.24) is 5.32 Å². The molecule has 2 fully saturated rings. The number of hydrogen-bond acceptors (Lipinski definition) is 2. The van der Waals surface area contributed by atoms with E-state index in [0.717, 1.165) is 6.54 Å². The highest BCUT2D eigenvalue weighted by Gasteiger charge is 2.45. The lowest BCUT2D eigenvalue weighted by molar-refractivity contribution is -0.121. The van der Waals surface area contributed by atoms with Crippen molar-refractivity contribution in [2.45, 2.75) is 51.5 Å². The molecule has 2 aliphatic rings. The predicted octanol–water partition coefficient (Wildman–Crippen LogP) is 1.89. The molecule has 13 heavy (non-hydrogen) atoms. The SMILES string of the molecule is CC(=O)C1NCCC12CCCCC2. The molecule has 1 saturated heterocycles. The average molecular weight is 181 g/mol. The van der Waals surface area contributed by atoms with Crippen LogP contribution in [0.5, 0.6) is 0 Å². The van der Waals surface area contributed by atoms with Crippen molar-refractivity contribution < 1.29 is 4.79 Å². The Hall–Kier alpha value is -0.370. The summed E-state index contributed by atoms with van der Waals surface area (Å²) in [4.78, 5) is 11.5. The van der Waals surface area contributed by atoms with Gasteiger partial charge in [0.2, 0.25) is 0 Å². The number of rotatable bonds is 1. The molecule has 0 amide bonds. The third-order valence-corrected chi connectivity index (χ3v) is 3.84. The highest BCUT2D eigenvalue weighted by Crippen LogP contribution is 2.44. The van der Waals surface area contributed by atoms with E-state index in [4.69, 9.17) is 0 Å². The van der Waals surface area contributed by atoms with Crippen LogP contribution in [0.15, 0.2) is 0 Å². The molecule has 2 nitrogen and oxygen atoms in total. The molecule has 0 aromatic heterocycles. The van der Waals surface area contributed by atoms with Gasteiger partial charge in [0.25, 0.3) is 0 Å². The smallest absolute Gasteiger partial charge is 0.147 e. The normalized spacial score (nSPS) is 32.2. The summed E-state index contributed by atoms with van der Waals surface area (Å²) in [6.07, 6.45) is 7.77. The minimum absolute atomic E-state index is 0.174. The first-order valence-electron chi connectivity index (χ1n) is 5.48. The first kappa shape index (κ1) is 9.20. The molecule has 1 saturated carbocycles. The van der Waals surface area contributed by atoms with Crippen LogP contribution in [0.25, 0.3) is 0 Å². The predicted molar refractivity (Wildman–Crippen MR) is 52.6 cm³/mol. The molecule has 1 unspecified atom stereocenters. The number of carbonyl (C=O) groups excluding carboxylic acids is 1. The van der Waals surface area contributed by atoms with Gasteiger partial charge >= 0.3 is 0 Å². The third-order valence-electron chi connectivity index (χ3n) is 3.84. The molecule has 1 atom stereocenters. The van der Waals surface area contributed by atoms with Gasteiger partial charge in [-0.2, -0.15) is 0 Å². The maximum absolute atomic E-state index is 11.5. The maximum atomic E-state index is 11.5. The summed E-state index contributed by atoms with van der Waals surface area (Å²) in [6, 6.07) is 0.174. The van der Waals surface area contributed by atoms with E-state index < -0.39 is 0 Å². The minimum atomic E-state index is 0.174. The minimum Gasteiger partial charge on any atom is -0.307 e. The number of Topliss-reactive ketones (excluding diaryl/α,β-unsaturated/α-hetero) is 1. The van der Waals surface area contributed by atoms with Gasteiger partial charge in [0, 0.05) is 0 Å². The number of hydrogen-bond donors (Lipinski definition) is 1. The lowest BCUT2D eigenvalue weighted by Crippen LogP contribution is -2.43. The van der Waals surface area contributed by atoms with Crippen molar-refractivity contribution in [3.05, 3.63) is 0 Å². The van der Waals surface area contributed by atoms with E-state index in [0.29, 0.717) is 11.2 Å². The first-order chi connectivity index (χ1) is 6.25. The van der Waals surface area contributed by atoms with E-state index in [-0.39, 0.29) is 6.04 Å². The zero-order valence-corrected chi connectivity index (χ0v) is 8.44. The monoisotopic (exact) mass is 181 g/mol. The molecule has 74 valence electrons. The van der Waals surface area contributed by atoms with Crippen molar-refractivity contribution in [2.24, 2.45) is 5.41 Å². The van der Waals surface area contributed by atoms with E-state index in [2.05, 4.69) is 5.32 Å². The Morgan fingerprint density at radius 3 is 2.54 bits per heavy atom. The van der Waals surface area contributed by atoms with Gasteiger partial charge in [-0.05, 0) is 38.1 Å². The van der Waals surface area contributed by atoms with Crippen LogP contribution in [0.1, 0.15) is 45.4 Å². The number of ketones is 1. The molecule has 1 spiro atoms. The second kappa shape index (κ2) is 3.41. The van der Waals surface area contributed by atoms with Crippen LogP contribution in [0.2, 0.25) is 0 Å². The summed E-state index contributed by atoms with van der Waals surface area (Å²) in [5, 5.41) is 3.37. The Labute approximate surface area is 80.1 Å². The molecule has 1 aliphatic heterocycles. The van der Waals surface area contributed by atoms with Crippen LogP contribution in [-0.2, 0) is 4.79 Å². The lowest BCUT2D eigenvalue weighted by Gasteiger charge is -2.37. The van der Waals surface area contributed by atoms with E-state index in [1.165, 1.54) is 38.5 Å². The lowest BCUT2D eigenvalue weighted by atomic mass is 9.68. The third kappa shape index (κ3) is 1.52. The van der Waals surface area contributed by atoms with E-state index in [1.807, 2.05) is 0 Å². The standard InChI is InChI=1S/C11H19NO/c1-9(13)10-11(7-8-12-10)5-3-2-4-6-11/h10,12H,2-8H2,1H3. The molecule has 2 heteroatoms. The van der Waals surface area contributed by atoms with Gasteiger partial charge in [-0.15, -0.1) is 0 Å². The Balaban J connectivity index is 2.13. The Morgan fingerprint density at radius 1 is 1.23 bits per heavy atom. The van der Waals surface area contributed by atoms with Crippen LogP contribution in [0.4, 0.5) is 0 Å². The van der Waals surface area contributed by atoms with Crippen molar-refractivity contribution in [2.75, 3.05) is 6.54 Å². The number of carbonyl (C=O) groups is 1. The largest absolute Gasteiger partial charge is 0.307 e. The average Bonchev–Trinajstić information content (AvgIpc) is 2.50. The van der Waals surface area contributed by atoms with Gasteiger partial charge in [-0.25, -0.2) is 0 Å². The molecule has 1 heterocycles. The zero-order valence-electron chi connectivity index (χ0n) is 8.44. The van der Waals surface area contributed by atoms with Crippen LogP contribution in [-0.4, -0.2) is 18.4 Å². The summed E-state index contributed by atoms with van der Waals surface area (Å²) in [6.45, 7) is 2.78. The highest BCUT2D eigenvalue weighted by atomic mass is 16.1. The highest BCUT2D eigenvalue weighted by molar-refractivity contribution is 5.82. The van der Waals surface area contributed by atoms with Gasteiger partial charge in [0.1, 0.15) is 5.78 Å². The van der Waals surface area contributed by atoms with Gasteiger partial charge in [0.15, 0.2) is 0 Å².